The number of halogens is 3. The van der Waals surface area contributed by atoms with Gasteiger partial charge in [0.25, 0.3) is 0 Å². The Labute approximate surface area is 116 Å². The summed E-state index contributed by atoms with van der Waals surface area (Å²) >= 11 is 0. The predicted octanol–water partition coefficient (Wildman–Crippen LogP) is 3.14. The van der Waals surface area contributed by atoms with Gasteiger partial charge in [-0.3, -0.25) is 0 Å². The summed E-state index contributed by atoms with van der Waals surface area (Å²) in [5.74, 6) is 0.330. The van der Waals surface area contributed by atoms with E-state index in [0.29, 0.717) is 11.9 Å². The van der Waals surface area contributed by atoms with Crippen molar-refractivity contribution < 1.29 is 13.2 Å². The minimum absolute atomic E-state index is 0.227. The Morgan fingerprint density at radius 2 is 2.10 bits per heavy atom. The highest BCUT2D eigenvalue weighted by Crippen LogP contribution is 2.31. The molecule has 1 aromatic heterocycles. The molecule has 2 saturated heterocycles. The molecule has 0 aliphatic carbocycles. The molecule has 2 unspecified atom stereocenters. The second-order valence-electron chi connectivity index (χ2n) is 5.63. The largest absolute Gasteiger partial charge is 0.416 e. The first-order valence-electron chi connectivity index (χ1n) is 7.06. The van der Waals surface area contributed by atoms with Crippen molar-refractivity contribution in [1.29, 1.82) is 0 Å². The first-order chi connectivity index (χ1) is 9.52. The molecule has 3 heterocycles. The molecule has 0 aromatic carbocycles. The third-order valence-corrected chi connectivity index (χ3v) is 4.26. The highest BCUT2D eigenvalue weighted by atomic mass is 19.4. The Balaban J connectivity index is 1.66. The van der Waals surface area contributed by atoms with Gasteiger partial charge in [-0.25, -0.2) is 4.98 Å². The minimum atomic E-state index is -4.31. The van der Waals surface area contributed by atoms with Gasteiger partial charge in [0.05, 0.1) is 5.56 Å². The van der Waals surface area contributed by atoms with Gasteiger partial charge in [0, 0.05) is 24.8 Å². The fourth-order valence-electron chi connectivity index (χ4n) is 3.25. The summed E-state index contributed by atoms with van der Waals surface area (Å²) in [4.78, 5) is 6.49. The van der Waals surface area contributed by atoms with Crippen LogP contribution in [0.2, 0.25) is 0 Å². The lowest BCUT2D eigenvalue weighted by Crippen LogP contribution is -2.42. The molecule has 2 fully saturated rings. The van der Waals surface area contributed by atoms with Gasteiger partial charge in [-0.15, -0.1) is 0 Å². The van der Waals surface area contributed by atoms with Gasteiger partial charge in [-0.05, 0) is 44.4 Å². The number of anilines is 1. The monoisotopic (exact) mass is 285 g/mol. The van der Waals surface area contributed by atoms with E-state index in [0.717, 1.165) is 31.5 Å². The number of nitrogens with zero attached hydrogens (tertiary/aromatic N) is 2. The SMILES string of the molecule is FC(F)(F)c1ccnc(NC2CCN3CCCC3C2)c1. The van der Waals surface area contributed by atoms with Crippen LogP contribution in [0.25, 0.3) is 0 Å². The number of pyridine rings is 1. The molecule has 0 saturated carbocycles. The third kappa shape index (κ3) is 2.90. The molecule has 1 N–H and O–H groups in total. The zero-order valence-corrected chi connectivity index (χ0v) is 11.2. The maximum Gasteiger partial charge on any atom is 0.416 e. The molecule has 6 heteroatoms. The van der Waals surface area contributed by atoms with E-state index in [2.05, 4.69) is 15.2 Å². The van der Waals surface area contributed by atoms with Crippen molar-refractivity contribution in [3.05, 3.63) is 23.9 Å². The van der Waals surface area contributed by atoms with Crippen molar-refractivity contribution >= 4 is 5.82 Å². The number of hydrogen-bond acceptors (Lipinski definition) is 3. The number of fused-ring (bicyclic) bond motifs is 1. The van der Waals surface area contributed by atoms with Crippen LogP contribution in [0.3, 0.4) is 0 Å². The average molecular weight is 285 g/mol. The predicted molar refractivity (Wildman–Crippen MR) is 70.5 cm³/mol. The van der Waals surface area contributed by atoms with E-state index in [1.807, 2.05) is 0 Å². The normalized spacial score (nSPS) is 27.4. The number of piperidine rings is 1. The first kappa shape index (κ1) is 13.7. The molecule has 2 aliphatic heterocycles. The van der Waals surface area contributed by atoms with Crippen molar-refractivity contribution in [2.24, 2.45) is 0 Å². The van der Waals surface area contributed by atoms with Gasteiger partial charge in [0.15, 0.2) is 0 Å². The smallest absolute Gasteiger partial charge is 0.367 e. The van der Waals surface area contributed by atoms with Crippen LogP contribution >= 0.6 is 0 Å². The minimum Gasteiger partial charge on any atom is -0.367 e. The highest BCUT2D eigenvalue weighted by Gasteiger charge is 2.33. The van der Waals surface area contributed by atoms with Crippen LogP contribution in [-0.4, -0.2) is 35.1 Å². The summed E-state index contributed by atoms with van der Waals surface area (Å²) < 4.78 is 38.0. The molecule has 110 valence electrons. The number of rotatable bonds is 2. The summed E-state index contributed by atoms with van der Waals surface area (Å²) in [6.07, 6.45) is 1.31. The Bertz CT molecular complexity index is 475. The van der Waals surface area contributed by atoms with E-state index in [9.17, 15) is 13.2 Å². The zero-order chi connectivity index (χ0) is 14.2. The van der Waals surface area contributed by atoms with Crippen LogP contribution in [0.4, 0.5) is 19.0 Å². The standard InChI is InChI=1S/C14H18F3N3/c15-14(16,17)10-3-5-18-13(8-10)19-11-4-7-20-6-1-2-12(20)9-11/h3,5,8,11-12H,1-2,4,6-7,9H2,(H,18,19). The lowest BCUT2D eigenvalue weighted by atomic mass is 9.97. The van der Waals surface area contributed by atoms with Crippen LogP contribution in [0, 0.1) is 0 Å². The van der Waals surface area contributed by atoms with Crippen molar-refractivity contribution in [1.82, 2.24) is 9.88 Å². The van der Waals surface area contributed by atoms with Crippen LogP contribution < -0.4 is 5.32 Å². The number of aromatic nitrogens is 1. The van der Waals surface area contributed by atoms with E-state index in [1.165, 1.54) is 25.6 Å². The highest BCUT2D eigenvalue weighted by molar-refractivity contribution is 5.39. The van der Waals surface area contributed by atoms with Gasteiger partial charge in [-0.2, -0.15) is 13.2 Å². The lowest BCUT2D eigenvalue weighted by Gasteiger charge is -2.35. The fourth-order valence-corrected chi connectivity index (χ4v) is 3.25. The molecule has 3 nitrogen and oxygen atoms in total. The molecule has 0 amide bonds. The van der Waals surface area contributed by atoms with Gasteiger partial charge in [-0.1, -0.05) is 0 Å². The molecule has 3 rings (SSSR count). The first-order valence-corrected chi connectivity index (χ1v) is 7.06. The molecule has 0 radical (unpaired) electrons. The summed E-state index contributed by atoms with van der Waals surface area (Å²) in [6, 6.07) is 2.92. The Morgan fingerprint density at radius 3 is 2.90 bits per heavy atom. The Hall–Kier alpha value is -1.30. The number of nitrogens with one attached hydrogen (secondary N) is 1. The average Bonchev–Trinajstić information content (AvgIpc) is 2.85. The maximum atomic E-state index is 12.7. The summed E-state index contributed by atoms with van der Waals surface area (Å²) in [7, 11) is 0. The van der Waals surface area contributed by atoms with Crippen LogP contribution in [-0.2, 0) is 6.18 Å². The van der Waals surface area contributed by atoms with Crippen molar-refractivity contribution in [3.63, 3.8) is 0 Å². The van der Waals surface area contributed by atoms with E-state index in [4.69, 9.17) is 0 Å². The van der Waals surface area contributed by atoms with E-state index in [1.54, 1.807) is 0 Å². The van der Waals surface area contributed by atoms with Gasteiger partial charge < -0.3 is 10.2 Å². The molecular weight excluding hydrogens is 267 g/mol. The molecule has 1 aromatic rings. The van der Waals surface area contributed by atoms with E-state index >= 15 is 0 Å². The molecule has 2 atom stereocenters. The summed E-state index contributed by atoms with van der Waals surface area (Å²) in [5.41, 5.74) is -0.645. The van der Waals surface area contributed by atoms with Crippen molar-refractivity contribution in [2.45, 2.75) is 43.9 Å². The van der Waals surface area contributed by atoms with Gasteiger partial charge >= 0.3 is 6.18 Å². The second kappa shape index (κ2) is 5.24. The Morgan fingerprint density at radius 1 is 1.25 bits per heavy atom. The zero-order valence-electron chi connectivity index (χ0n) is 11.2. The molecule has 2 aliphatic rings. The molecule has 0 bridgehead atoms. The van der Waals surface area contributed by atoms with Crippen LogP contribution in [0.5, 0.6) is 0 Å². The van der Waals surface area contributed by atoms with Crippen LogP contribution in [0.1, 0.15) is 31.2 Å². The van der Waals surface area contributed by atoms with E-state index < -0.39 is 11.7 Å². The van der Waals surface area contributed by atoms with Gasteiger partial charge in [0.1, 0.15) is 5.82 Å². The van der Waals surface area contributed by atoms with E-state index in [-0.39, 0.29) is 6.04 Å². The number of alkyl halides is 3. The molecule has 0 spiro atoms. The molecule has 20 heavy (non-hydrogen) atoms. The Kier molecular flexibility index (Phi) is 3.58. The van der Waals surface area contributed by atoms with Crippen molar-refractivity contribution in [3.8, 4) is 0 Å². The number of hydrogen-bond donors (Lipinski definition) is 1. The second-order valence-corrected chi connectivity index (χ2v) is 5.63. The van der Waals surface area contributed by atoms with Crippen LogP contribution in [0.15, 0.2) is 18.3 Å². The van der Waals surface area contributed by atoms with Gasteiger partial charge in [0.2, 0.25) is 0 Å². The topological polar surface area (TPSA) is 28.2 Å². The fraction of sp³-hybridized carbons (Fsp3) is 0.643. The third-order valence-electron chi connectivity index (χ3n) is 4.26. The summed E-state index contributed by atoms with van der Waals surface area (Å²) in [6.45, 7) is 2.19. The lowest BCUT2D eigenvalue weighted by molar-refractivity contribution is -0.137. The van der Waals surface area contributed by atoms with Crippen molar-refractivity contribution in [2.75, 3.05) is 18.4 Å². The summed E-state index contributed by atoms with van der Waals surface area (Å²) in [5, 5.41) is 3.17. The molecular formula is C14H18F3N3. The maximum absolute atomic E-state index is 12.7. The quantitative estimate of drug-likeness (QED) is 0.905.